The molecule has 1 aromatic heterocycles. The zero-order valence-corrected chi connectivity index (χ0v) is 17.6. The maximum atomic E-state index is 13.0. The van der Waals surface area contributed by atoms with Crippen molar-refractivity contribution in [2.24, 2.45) is 5.92 Å². The Morgan fingerprint density at radius 3 is 2.38 bits per heavy atom. The largest absolute Gasteiger partial charge is 0.339 e. The number of carbonyl (C=O) groups is 2. The summed E-state index contributed by atoms with van der Waals surface area (Å²) in [6, 6.07) is 12.8. The van der Waals surface area contributed by atoms with Crippen molar-refractivity contribution < 1.29 is 9.59 Å². The summed E-state index contributed by atoms with van der Waals surface area (Å²) in [7, 11) is 0. The van der Waals surface area contributed by atoms with E-state index in [4.69, 9.17) is 5.26 Å². The third-order valence-electron chi connectivity index (χ3n) is 5.14. The highest BCUT2D eigenvalue weighted by atomic mass is 32.1. The maximum absolute atomic E-state index is 13.0. The number of carbonyl (C=O) groups excluding carboxylic acids is 2. The molecular formula is C22H26N4O2S. The second-order valence-corrected chi connectivity index (χ2v) is 8.53. The van der Waals surface area contributed by atoms with Crippen LogP contribution in [0.5, 0.6) is 0 Å². The predicted octanol–water partition coefficient (Wildman–Crippen LogP) is 2.72. The summed E-state index contributed by atoms with van der Waals surface area (Å²) in [6.45, 7) is 7.58. The molecule has 0 aliphatic carbocycles. The standard InChI is InChI=1S/C22H26N4O2S/c1-16(2)20(24-21(27)19-4-3-13-29-19)22(28)26-11-9-25(10-12-26)15-18-7-5-17(14-23)6-8-18/h3-8,13,16,20H,9-12,15H2,1-2H3,(H,24,27). The highest BCUT2D eigenvalue weighted by Crippen LogP contribution is 2.14. The van der Waals surface area contributed by atoms with Gasteiger partial charge in [-0.1, -0.05) is 32.0 Å². The third kappa shape index (κ3) is 5.43. The van der Waals surface area contributed by atoms with Crippen LogP contribution in [0.4, 0.5) is 0 Å². The van der Waals surface area contributed by atoms with E-state index in [1.807, 2.05) is 54.5 Å². The maximum Gasteiger partial charge on any atom is 0.262 e. The summed E-state index contributed by atoms with van der Waals surface area (Å²) in [5, 5.41) is 13.7. The first-order valence-corrected chi connectivity index (χ1v) is 10.7. The van der Waals surface area contributed by atoms with Crippen molar-refractivity contribution in [1.82, 2.24) is 15.1 Å². The molecule has 6 nitrogen and oxygen atoms in total. The van der Waals surface area contributed by atoms with Gasteiger partial charge in [0.15, 0.2) is 0 Å². The molecule has 1 fully saturated rings. The van der Waals surface area contributed by atoms with E-state index in [0.717, 1.165) is 25.2 Å². The molecule has 2 aromatic rings. The summed E-state index contributed by atoms with van der Waals surface area (Å²) >= 11 is 1.37. The van der Waals surface area contributed by atoms with Crippen LogP contribution in [0, 0.1) is 17.2 Å². The minimum atomic E-state index is -0.519. The van der Waals surface area contributed by atoms with Gasteiger partial charge in [-0.15, -0.1) is 11.3 Å². The molecule has 0 saturated carbocycles. The number of piperazine rings is 1. The van der Waals surface area contributed by atoms with E-state index in [9.17, 15) is 9.59 Å². The number of rotatable bonds is 6. The Labute approximate surface area is 175 Å². The van der Waals surface area contributed by atoms with E-state index in [0.29, 0.717) is 23.5 Å². The molecule has 1 atom stereocenters. The average molecular weight is 411 g/mol. The van der Waals surface area contributed by atoms with Gasteiger partial charge in [0.1, 0.15) is 6.04 Å². The van der Waals surface area contributed by atoms with Gasteiger partial charge < -0.3 is 10.2 Å². The van der Waals surface area contributed by atoms with Crippen molar-refractivity contribution in [2.45, 2.75) is 26.4 Å². The minimum Gasteiger partial charge on any atom is -0.339 e. The number of thiophene rings is 1. The molecule has 1 aliphatic heterocycles. The lowest BCUT2D eigenvalue weighted by molar-refractivity contribution is -0.136. The molecule has 1 N–H and O–H groups in total. The fourth-order valence-electron chi connectivity index (χ4n) is 3.40. The highest BCUT2D eigenvalue weighted by molar-refractivity contribution is 7.12. The average Bonchev–Trinajstić information content (AvgIpc) is 3.27. The number of amides is 2. The molecule has 7 heteroatoms. The van der Waals surface area contributed by atoms with Gasteiger partial charge in [0.2, 0.25) is 5.91 Å². The second-order valence-electron chi connectivity index (χ2n) is 7.58. The zero-order chi connectivity index (χ0) is 20.8. The van der Waals surface area contributed by atoms with Crippen molar-refractivity contribution in [3.05, 3.63) is 57.8 Å². The fraction of sp³-hybridized carbons (Fsp3) is 0.409. The smallest absolute Gasteiger partial charge is 0.262 e. The van der Waals surface area contributed by atoms with Gasteiger partial charge >= 0.3 is 0 Å². The number of nitrogens with zero attached hydrogens (tertiary/aromatic N) is 3. The first-order valence-electron chi connectivity index (χ1n) is 9.82. The molecule has 2 heterocycles. The third-order valence-corrected chi connectivity index (χ3v) is 6.01. The molecule has 0 spiro atoms. The van der Waals surface area contributed by atoms with E-state index in [2.05, 4.69) is 16.3 Å². The summed E-state index contributed by atoms with van der Waals surface area (Å²) in [5.74, 6) is -0.183. The number of benzene rings is 1. The summed E-state index contributed by atoms with van der Waals surface area (Å²) in [4.78, 5) is 30.2. The Morgan fingerprint density at radius 2 is 1.83 bits per heavy atom. The van der Waals surface area contributed by atoms with E-state index < -0.39 is 6.04 Å². The number of hydrogen-bond acceptors (Lipinski definition) is 5. The molecule has 1 unspecified atom stereocenters. The summed E-state index contributed by atoms with van der Waals surface area (Å²) in [6.07, 6.45) is 0. The summed E-state index contributed by atoms with van der Waals surface area (Å²) in [5.41, 5.74) is 1.82. The van der Waals surface area contributed by atoms with Crippen LogP contribution >= 0.6 is 11.3 Å². The van der Waals surface area contributed by atoms with Crippen LogP contribution in [-0.4, -0.2) is 53.8 Å². The topological polar surface area (TPSA) is 76.4 Å². The lowest BCUT2D eigenvalue weighted by Crippen LogP contribution is -2.56. The number of hydrogen-bond donors (Lipinski definition) is 1. The van der Waals surface area contributed by atoms with Crippen LogP contribution in [-0.2, 0) is 11.3 Å². The Bertz CT molecular complexity index is 863. The minimum absolute atomic E-state index is 0.0112. The van der Waals surface area contributed by atoms with Gasteiger partial charge in [-0.25, -0.2) is 0 Å². The Hall–Kier alpha value is -2.69. The molecule has 29 heavy (non-hydrogen) atoms. The van der Waals surface area contributed by atoms with Crippen molar-refractivity contribution in [3.8, 4) is 6.07 Å². The molecule has 1 saturated heterocycles. The molecule has 1 aromatic carbocycles. The van der Waals surface area contributed by atoms with Crippen molar-refractivity contribution in [2.75, 3.05) is 26.2 Å². The molecule has 152 valence electrons. The van der Waals surface area contributed by atoms with Crippen LogP contribution in [0.15, 0.2) is 41.8 Å². The lowest BCUT2D eigenvalue weighted by Gasteiger charge is -2.37. The van der Waals surface area contributed by atoms with Crippen LogP contribution in [0.3, 0.4) is 0 Å². The van der Waals surface area contributed by atoms with E-state index in [-0.39, 0.29) is 17.7 Å². The first kappa shape index (κ1) is 21.0. The van der Waals surface area contributed by atoms with E-state index in [1.54, 1.807) is 6.07 Å². The van der Waals surface area contributed by atoms with Crippen molar-refractivity contribution >= 4 is 23.2 Å². The first-order chi connectivity index (χ1) is 14.0. The van der Waals surface area contributed by atoms with Crippen molar-refractivity contribution in [3.63, 3.8) is 0 Å². The monoisotopic (exact) mass is 410 g/mol. The molecular weight excluding hydrogens is 384 g/mol. The van der Waals surface area contributed by atoms with Gasteiger partial charge in [-0.2, -0.15) is 5.26 Å². The lowest BCUT2D eigenvalue weighted by atomic mass is 10.0. The van der Waals surface area contributed by atoms with Crippen molar-refractivity contribution in [1.29, 1.82) is 5.26 Å². The van der Waals surface area contributed by atoms with Gasteiger partial charge in [0, 0.05) is 32.7 Å². The molecule has 3 rings (SSSR count). The number of nitrogens with one attached hydrogen (secondary N) is 1. The SMILES string of the molecule is CC(C)C(NC(=O)c1cccs1)C(=O)N1CCN(Cc2ccc(C#N)cc2)CC1. The zero-order valence-electron chi connectivity index (χ0n) is 16.8. The van der Waals surface area contributed by atoms with Gasteiger partial charge in [0.05, 0.1) is 16.5 Å². The fourth-order valence-corrected chi connectivity index (χ4v) is 4.03. The summed E-state index contributed by atoms with van der Waals surface area (Å²) < 4.78 is 0. The molecule has 1 aliphatic rings. The van der Waals surface area contributed by atoms with Crippen LogP contribution < -0.4 is 5.32 Å². The van der Waals surface area contributed by atoms with Gasteiger partial charge in [-0.05, 0) is 35.1 Å². The highest BCUT2D eigenvalue weighted by Gasteiger charge is 2.31. The second kappa shape index (κ2) is 9.68. The quantitative estimate of drug-likeness (QED) is 0.794. The van der Waals surface area contributed by atoms with Crippen LogP contribution in [0.2, 0.25) is 0 Å². The van der Waals surface area contributed by atoms with Crippen LogP contribution in [0.25, 0.3) is 0 Å². The van der Waals surface area contributed by atoms with Gasteiger partial charge in [0.25, 0.3) is 5.91 Å². The normalized spacial score (nSPS) is 15.7. The van der Waals surface area contributed by atoms with E-state index in [1.165, 1.54) is 11.3 Å². The van der Waals surface area contributed by atoms with Crippen LogP contribution in [0.1, 0.15) is 34.6 Å². The Balaban J connectivity index is 1.54. The molecule has 2 amide bonds. The Morgan fingerprint density at radius 1 is 1.14 bits per heavy atom. The van der Waals surface area contributed by atoms with E-state index >= 15 is 0 Å². The number of nitriles is 1. The predicted molar refractivity (Wildman–Crippen MR) is 113 cm³/mol. The van der Waals surface area contributed by atoms with Gasteiger partial charge in [-0.3, -0.25) is 14.5 Å². The molecule has 0 radical (unpaired) electrons. The Kier molecular flexibility index (Phi) is 7.02. The molecule has 0 bridgehead atoms.